The summed E-state index contributed by atoms with van der Waals surface area (Å²) in [6.07, 6.45) is 0. The average Bonchev–Trinajstić information content (AvgIpc) is 2.52. The highest BCUT2D eigenvalue weighted by molar-refractivity contribution is 5.90. The second-order valence-corrected chi connectivity index (χ2v) is 4.32. The molecule has 110 valence electrons. The van der Waals surface area contributed by atoms with Gasteiger partial charge < -0.3 is 19.3 Å². The second kappa shape index (κ2) is 6.65. The van der Waals surface area contributed by atoms with Gasteiger partial charge in [-0.15, -0.1) is 0 Å². The van der Waals surface area contributed by atoms with Crippen LogP contribution in [0.5, 0.6) is 17.2 Å². The van der Waals surface area contributed by atoms with E-state index in [2.05, 4.69) is 4.74 Å². The van der Waals surface area contributed by atoms with Gasteiger partial charge in [-0.1, -0.05) is 12.1 Å². The summed E-state index contributed by atoms with van der Waals surface area (Å²) in [7, 11) is 2.82. The van der Waals surface area contributed by atoms with Gasteiger partial charge in [0.25, 0.3) is 0 Å². The molecule has 0 fully saturated rings. The maximum atomic E-state index is 11.5. The van der Waals surface area contributed by atoms with Crippen LogP contribution >= 0.6 is 0 Å². The molecule has 5 nitrogen and oxygen atoms in total. The van der Waals surface area contributed by atoms with Crippen LogP contribution in [0.25, 0.3) is 0 Å². The molecule has 0 unspecified atom stereocenters. The molecule has 0 amide bonds. The Morgan fingerprint density at radius 3 is 2.57 bits per heavy atom. The summed E-state index contributed by atoms with van der Waals surface area (Å²) in [6, 6.07) is 11.6. The van der Waals surface area contributed by atoms with Crippen molar-refractivity contribution < 1.29 is 24.1 Å². The monoisotopic (exact) mass is 288 g/mol. The Kier molecular flexibility index (Phi) is 4.66. The third-order valence-corrected chi connectivity index (χ3v) is 2.89. The van der Waals surface area contributed by atoms with Crippen molar-refractivity contribution in [2.24, 2.45) is 0 Å². The van der Waals surface area contributed by atoms with Gasteiger partial charge >= 0.3 is 5.97 Å². The first-order chi connectivity index (χ1) is 10.1. The van der Waals surface area contributed by atoms with Gasteiger partial charge in [-0.2, -0.15) is 0 Å². The van der Waals surface area contributed by atoms with E-state index in [1.807, 2.05) is 6.07 Å². The molecule has 5 heteroatoms. The first-order valence-corrected chi connectivity index (χ1v) is 6.31. The summed E-state index contributed by atoms with van der Waals surface area (Å²) in [5.41, 5.74) is 1.22. The first kappa shape index (κ1) is 14.7. The van der Waals surface area contributed by atoms with E-state index in [0.717, 1.165) is 5.56 Å². The first-order valence-electron chi connectivity index (χ1n) is 6.31. The Labute approximate surface area is 122 Å². The molecule has 0 radical (unpaired) electrons. The van der Waals surface area contributed by atoms with E-state index < -0.39 is 5.97 Å². The van der Waals surface area contributed by atoms with E-state index in [9.17, 15) is 9.90 Å². The van der Waals surface area contributed by atoms with Gasteiger partial charge in [0.1, 0.15) is 12.4 Å². The van der Waals surface area contributed by atoms with Gasteiger partial charge in [-0.3, -0.25) is 0 Å². The fraction of sp³-hybridized carbons (Fsp3) is 0.188. The van der Waals surface area contributed by atoms with E-state index in [1.165, 1.54) is 14.2 Å². The van der Waals surface area contributed by atoms with Crippen LogP contribution in [-0.2, 0) is 11.3 Å². The molecule has 0 bridgehead atoms. The molecule has 0 spiro atoms. The topological polar surface area (TPSA) is 65.0 Å². The Bertz CT molecular complexity index is 636. The van der Waals surface area contributed by atoms with Crippen molar-refractivity contribution in [3.05, 3.63) is 53.6 Å². The van der Waals surface area contributed by atoms with Crippen molar-refractivity contribution in [3.8, 4) is 17.2 Å². The van der Waals surface area contributed by atoms with Crippen LogP contribution < -0.4 is 9.47 Å². The van der Waals surface area contributed by atoms with Crippen LogP contribution in [-0.4, -0.2) is 25.3 Å². The van der Waals surface area contributed by atoms with Crippen LogP contribution in [0.15, 0.2) is 42.5 Å². The van der Waals surface area contributed by atoms with E-state index in [0.29, 0.717) is 17.1 Å². The highest BCUT2D eigenvalue weighted by atomic mass is 16.5. The minimum atomic E-state index is -0.437. The standard InChI is InChI=1S/C16H16O5/c1-19-15-9-12(16(18)20-2)6-7-14(15)21-10-11-4-3-5-13(17)8-11/h3-9,17H,10H2,1-2H3. The molecule has 21 heavy (non-hydrogen) atoms. The number of hydrogen-bond donors (Lipinski definition) is 1. The molecule has 0 saturated carbocycles. The summed E-state index contributed by atoms with van der Waals surface area (Å²) in [5, 5.41) is 9.40. The molecule has 2 rings (SSSR count). The van der Waals surface area contributed by atoms with Gasteiger partial charge in [0.05, 0.1) is 19.8 Å². The number of methoxy groups -OCH3 is 2. The van der Waals surface area contributed by atoms with Crippen LogP contribution in [0.1, 0.15) is 15.9 Å². The van der Waals surface area contributed by atoms with Crippen molar-refractivity contribution in [2.75, 3.05) is 14.2 Å². The highest BCUT2D eigenvalue weighted by Crippen LogP contribution is 2.29. The number of benzene rings is 2. The smallest absolute Gasteiger partial charge is 0.337 e. The largest absolute Gasteiger partial charge is 0.508 e. The average molecular weight is 288 g/mol. The Hall–Kier alpha value is -2.69. The van der Waals surface area contributed by atoms with Crippen molar-refractivity contribution in [1.29, 1.82) is 0 Å². The summed E-state index contributed by atoms with van der Waals surface area (Å²) in [6.45, 7) is 0.280. The van der Waals surface area contributed by atoms with Gasteiger partial charge in [0.2, 0.25) is 0 Å². The minimum Gasteiger partial charge on any atom is -0.508 e. The summed E-state index contributed by atoms with van der Waals surface area (Å²) < 4.78 is 15.5. The third-order valence-electron chi connectivity index (χ3n) is 2.89. The Morgan fingerprint density at radius 1 is 1.10 bits per heavy atom. The lowest BCUT2D eigenvalue weighted by Gasteiger charge is -2.12. The molecule has 0 heterocycles. The van der Waals surface area contributed by atoms with Crippen molar-refractivity contribution >= 4 is 5.97 Å². The van der Waals surface area contributed by atoms with E-state index >= 15 is 0 Å². The zero-order chi connectivity index (χ0) is 15.2. The molecule has 0 aliphatic carbocycles. The lowest BCUT2D eigenvalue weighted by atomic mass is 10.2. The van der Waals surface area contributed by atoms with E-state index in [4.69, 9.17) is 9.47 Å². The fourth-order valence-electron chi connectivity index (χ4n) is 1.84. The molecule has 2 aromatic carbocycles. The predicted molar refractivity (Wildman–Crippen MR) is 76.8 cm³/mol. The van der Waals surface area contributed by atoms with Gasteiger partial charge in [-0.05, 0) is 35.9 Å². The lowest BCUT2D eigenvalue weighted by Crippen LogP contribution is -2.03. The summed E-state index contributed by atoms with van der Waals surface area (Å²) in [5.74, 6) is 0.698. The lowest BCUT2D eigenvalue weighted by molar-refractivity contribution is 0.0600. The third kappa shape index (κ3) is 3.66. The van der Waals surface area contributed by atoms with E-state index in [1.54, 1.807) is 36.4 Å². The van der Waals surface area contributed by atoms with Crippen LogP contribution in [0.3, 0.4) is 0 Å². The maximum Gasteiger partial charge on any atom is 0.337 e. The number of carbonyl (C=O) groups excluding carboxylic acids is 1. The van der Waals surface area contributed by atoms with Crippen LogP contribution in [0, 0.1) is 0 Å². The van der Waals surface area contributed by atoms with Gasteiger partial charge in [0, 0.05) is 0 Å². The van der Waals surface area contributed by atoms with Crippen LogP contribution in [0.2, 0.25) is 0 Å². The number of ether oxygens (including phenoxy) is 3. The molecular weight excluding hydrogens is 272 g/mol. The summed E-state index contributed by atoms with van der Waals surface area (Å²) >= 11 is 0. The SMILES string of the molecule is COC(=O)c1ccc(OCc2cccc(O)c2)c(OC)c1. The molecule has 2 aromatic rings. The number of rotatable bonds is 5. The maximum absolute atomic E-state index is 11.5. The minimum absolute atomic E-state index is 0.184. The van der Waals surface area contributed by atoms with Crippen molar-refractivity contribution in [3.63, 3.8) is 0 Å². The zero-order valence-electron chi connectivity index (χ0n) is 11.8. The molecule has 1 N–H and O–H groups in total. The quantitative estimate of drug-likeness (QED) is 0.857. The normalized spacial score (nSPS) is 10.0. The molecule has 0 aromatic heterocycles. The molecule has 0 aliphatic rings. The molecule has 0 aliphatic heterocycles. The number of carbonyl (C=O) groups is 1. The number of phenolic OH excluding ortho intramolecular Hbond substituents is 1. The molecular formula is C16H16O5. The number of esters is 1. The van der Waals surface area contributed by atoms with E-state index in [-0.39, 0.29) is 12.4 Å². The van der Waals surface area contributed by atoms with Crippen molar-refractivity contribution in [2.45, 2.75) is 6.61 Å². The number of aromatic hydroxyl groups is 1. The second-order valence-electron chi connectivity index (χ2n) is 4.32. The van der Waals surface area contributed by atoms with Crippen LogP contribution in [0.4, 0.5) is 0 Å². The Morgan fingerprint density at radius 2 is 1.90 bits per heavy atom. The molecule has 0 saturated heterocycles. The summed E-state index contributed by atoms with van der Waals surface area (Å²) in [4.78, 5) is 11.5. The highest BCUT2D eigenvalue weighted by Gasteiger charge is 2.11. The zero-order valence-corrected chi connectivity index (χ0v) is 11.8. The number of hydrogen-bond acceptors (Lipinski definition) is 5. The number of phenols is 1. The Balaban J connectivity index is 2.14. The molecule has 0 atom stereocenters. The fourth-order valence-corrected chi connectivity index (χ4v) is 1.84. The van der Waals surface area contributed by atoms with Gasteiger partial charge in [-0.25, -0.2) is 4.79 Å². The predicted octanol–water partition coefficient (Wildman–Crippen LogP) is 2.77. The van der Waals surface area contributed by atoms with Gasteiger partial charge in [0.15, 0.2) is 11.5 Å². The van der Waals surface area contributed by atoms with Crippen molar-refractivity contribution in [1.82, 2.24) is 0 Å².